The molecule has 1 aliphatic rings. The molecule has 16 heavy (non-hydrogen) atoms. The van der Waals surface area contributed by atoms with Crippen LogP contribution in [0.3, 0.4) is 0 Å². The van der Waals surface area contributed by atoms with Crippen molar-refractivity contribution in [3.8, 4) is 0 Å². The lowest BCUT2D eigenvalue weighted by atomic mass is 10.1. The van der Waals surface area contributed by atoms with Gasteiger partial charge in [0.2, 0.25) is 5.91 Å². The fraction of sp³-hybridized carbons (Fsp3) is 0.818. The average Bonchev–Trinajstić information content (AvgIpc) is 2.97. The van der Waals surface area contributed by atoms with Crippen LogP contribution in [0, 0.1) is 5.41 Å². The average molecular weight is 228 g/mol. The second-order valence-electron chi connectivity index (χ2n) is 4.64. The number of carbonyl (C=O) groups excluding carboxylic acids is 1. The minimum atomic E-state index is -0.792. The summed E-state index contributed by atoms with van der Waals surface area (Å²) in [6.45, 7) is 2.30. The third kappa shape index (κ3) is 3.48. The Morgan fingerprint density at radius 3 is 2.56 bits per heavy atom. The molecule has 5 heteroatoms. The van der Waals surface area contributed by atoms with Crippen molar-refractivity contribution < 1.29 is 14.7 Å². The molecule has 0 radical (unpaired) electrons. The van der Waals surface area contributed by atoms with Gasteiger partial charge in [0.25, 0.3) is 0 Å². The third-order valence-electron chi connectivity index (χ3n) is 3.13. The molecule has 1 unspecified atom stereocenters. The predicted molar refractivity (Wildman–Crippen MR) is 59.8 cm³/mol. The van der Waals surface area contributed by atoms with Crippen LogP contribution in [0.1, 0.15) is 39.0 Å². The second kappa shape index (κ2) is 5.30. The highest BCUT2D eigenvalue weighted by atomic mass is 16.4. The van der Waals surface area contributed by atoms with Crippen LogP contribution in [0.5, 0.6) is 0 Å². The van der Waals surface area contributed by atoms with E-state index >= 15 is 0 Å². The van der Waals surface area contributed by atoms with Gasteiger partial charge in [-0.15, -0.1) is 0 Å². The van der Waals surface area contributed by atoms with Crippen molar-refractivity contribution in [1.29, 1.82) is 0 Å². The van der Waals surface area contributed by atoms with Crippen molar-refractivity contribution in [1.82, 2.24) is 5.32 Å². The van der Waals surface area contributed by atoms with Gasteiger partial charge >= 0.3 is 5.97 Å². The Morgan fingerprint density at radius 1 is 1.50 bits per heavy atom. The first-order valence-corrected chi connectivity index (χ1v) is 5.73. The molecule has 0 heterocycles. The zero-order valence-electron chi connectivity index (χ0n) is 9.66. The monoisotopic (exact) mass is 228 g/mol. The van der Waals surface area contributed by atoms with Gasteiger partial charge in [-0.25, -0.2) is 0 Å². The summed E-state index contributed by atoms with van der Waals surface area (Å²) in [6, 6.07) is 0.0240. The fourth-order valence-electron chi connectivity index (χ4n) is 1.68. The van der Waals surface area contributed by atoms with Crippen LogP contribution in [0.2, 0.25) is 0 Å². The molecular weight excluding hydrogens is 208 g/mol. The van der Waals surface area contributed by atoms with Crippen molar-refractivity contribution in [2.45, 2.75) is 45.1 Å². The van der Waals surface area contributed by atoms with Gasteiger partial charge in [0.15, 0.2) is 0 Å². The Hall–Kier alpha value is -1.10. The molecule has 0 aromatic carbocycles. The van der Waals surface area contributed by atoms with Crippen LogP contribution >= 0.6 is 0 Å². The number of hydrogen-bond acceptors (Lipinski definition) is 3. The van der Waals surface area contributed by atoms with Gasteiger partial charge in [-0.1, -0.05) is 0 Å². The Bertz CT molecular complexity index is 274. The zero-order valence-corrected chi connectivity index (χ0v) is 9.66. The number of rotatable bonds is 7. The van der Waals surface area contributed by atoms with Gasteiger partial charge in [-0.3, -0.25) is 9.59 Å². The highest BCUT2D eigenvalue weighted by Crippen LogP contribution is 2.44. The van der Waals surface area contributed by atoms with E-state index in [9.17, 15) is 9.59 Å². The predicted octanol–water partition coefficient (Wildman–Crippen LogP) is 0.485. The Morgan fingerprint density at radius 2 is 2.12 bits per heavy atom. The van der Waals surface area contributed by atoms with E-state index in [-0.39, 0.29) is 23.8 Å². The molecule has 5 nitrogen and oxygen atoms in total. The zero-order chi connectivity index (χ0) is 12.2. The number of amides is 1. The van der Waals surface area contributed by atoms with Crippen molar-refractivity contribution in [2.24, 2.45) is 11.1 Å². The van der Waals surface area contributed by atoms with Gasteiger partial charge in [0.05, 0.1) is 5.41 Å². The van der Waals surface area contributed by atoms with Crippen LogP contribution in [0.4, 0.5) is 0 Å². The molecule has 0 aromatic rings. The summed E-state index contributed by atoms with van der Waals surface area (Å²) in [6.07, 6.45) is 3.18. The molecule has 0 aliphatic heterocycles. The van der Waals surface area contributed by atoms with E-state index in [1.807, 2.05) is 6.92 Å². The topological polar surface area (TPSA) is 92.4 Å². The molecular formula is C11H20N2O3. The molecule has 0 spiro atoms. The lowest BCUT2D eigenvalue weighted by Crippen LogP contribution is -2.41. The fourth-order valence-corrected chi connectivity index (χ4v) is 1.68. The summed E-state index contributed by atoms with van der Waals surface area (Å²) in [5.41, 5.74) is 5.23. The first-order valence-electron chi connectivity index (χ1n) is 5.73. The van der Waals surface area contributed by atoms with Crippen molar-refractivity contribution in [2.75, 3.05) is 6.54 Å². The first kappa shape index (κ1) is 13.0. The standard InChI is InChI=1S/C11H20N2O3/c1-8(3-2-4-9(14)15)13-10(16)11(7-12)5-6-11/h8H,2-7,12H2,1H3,(H,13,16)(H,14,15). The number of carboxylic acid groups (broad SMARTS) is 1. The summed E-state index contributed by atoms with van der Waals surface area (Å²) in [7, 11) is 0. The quantitative estimate of drug-likeness (QED) is 0.591. The van der Waals surface area contributed by atoms with Crippen molar-refractivity contribution >= 4 is 11.9 Å². The van der Waals surface area contributed by atoms with E-state index in [0.29, 0.717) is 19.4 Å². The SMILES string of the molecule is CC(CCCC(=O)O)NC(=O)C1(CN)CC1. The number of carbonyl (C=O) groups is 2. The maximum absolute atomic E-state index is 11.8. The Labute approximate surface area is 95.4 Å². The third-order valence-corrected chi connectivity index (χ3v) is 3.13. The van der Waals surface area contributed by atoms with Gasteiger partial charge in [-0.05, 0) is 32.6 Å². The van der Waals surface area contributed by atoms with Crippen LogP contribution < -0.4 is 11.1 Å². The highest BCUT2D eigenvalue weighted by molar-refractivity contribution is 5.85. The summed E-state index contributed by atoms with van der Waals surface area (Å²) in [5.74, 6) is -0.767. The summed E-state index contributed by atoms with van der Waals surface area (Å²) < 4.78 is 0. The van der Waals surface area contributed by atoms with E-state index in [0.717, 1.165) is 12.8 Å². The van der Waals surface area contributed by atoms with Gasteiger partial charge in [0.1, 0.15) is 0 Å². The maximum atomic E-state index is 11.8. The van der Waals surface area contributed by atoms with Crippen LogP contribution in [-0.2, 0) is 9.59 Å². The smallest absolute Gasteiger partial charge is 0.303 e. The van der Waals surface area contributed by atoms with Gasteiger partial charge in [-0.2, -0.15) is 0 Å². The molecule has 1 rings (SSSR count). The van der Waals surface area contributed by atoms with E-state index in [1.54, 1.807) is 0 Å². The molecule has 0 aromatic heterocycles. The minimum Gasteiger partial charge on any atom is -0.481 e. The number of nitrogens with two attached hydrogens (primary N) is 1. The normalized spacial score (nSPS) is 18.9. The van der Waals surface area contributed by atoms with Crippen LogP contribution in [0.25, 0.3) is 0 Å². The van der Waals surface area contributed by atoms with E-state index in [1.165, 1.54) is 0 Å². The summed E-state index contributed by atoms with van der Waals surface area (Å²) in [4.78, 5) is 22.1. The second-order valence-corrected chi connectivity index (χ2v) is 4.64. The van der Waals surface area contributed by atoms with E-state index < -0.39 is 5.97 Å². The van der Waals surface area contributed by atoms with E-state index in [2.05, 4.69) is 5.32 Å². The number of carboxylic acids is 1. The van der Waals surface area contributed by atoms with E-state index in [4.69, 9.17) is 10.8 Å². The van der Waals surface area contributed by atoms with Crippen molar-refractivity contribution in [3.63, 3.8) is 0 Å². The van der Waals surface area contributed by atoms with Gasteiger partial charge in [0, 0.05) is 19.0 Å². The number of hydrogen-bond donors (Lipinski definition) is 3. The van der Waals surface area contributed by atoms with Gasteiger partial charge < -0.3 is 16.2 Å². The molecule has 1 aliphatic carbocycles. The summed E-state index contributed by atoms with van der Waals surface area (Å²) >= 11 is 0. The van der Waals surface area contributed by atoms with Crippen molar-refractivity contribution in [3.05, 3.63) is 0 Å². The van der Waals surface area contributed by atoms with Crippen LogP contribution in [-0.4, -0.2) is 29.6 Å². The Kier molecular flexibility index (Phi) is 4.29. The molecule has 1 saturated carbocycles. The first-order chi connectivity index (χ1) is 7.50. The molecule has 1 atom stereocenters. The highest BCUT2D eigenvalue weighted by Gasteiger charge is 2.48. The molecule has 0 saturated heterocycles. The number of nitrogens with one attached hydrogen (secondary N) is 1. The Balaban J connectivity index is 2.21. The molecule has 4 N–H and O–H groups in total. The number of aliphatic carboxylic acids is 1. The molecule has 1 fully saturated rings. The van der Waals surface area contributed by atoms with Crippen LogP contribution in [0.15, 0.2) is 0 Å². The molecule has 1 amide bonds. The minimum absolute atomic E-state index is 0.0240. The molecule has 0 bridgehead atoms. The summed E-state index contributed by atoms with van der Waals surface area (Å²) in [5, 5.41) is 11.4. The lowest BCUT2D eigenvalue weighted by Gasteiger charge is -2.18. The molecule has 92 valence electrons. The maximum Gasteiger partial charge on any atom is 0.303 e. The lowest BCUT2D eigenvalue weighted by molar-refractivity contribution is -0.137. The largest absolute Gasteiger partial charge is 0.481 e.